The van der Waals surface area contributed by atoms with Crippen molar-refractivity contribution in [1.82, 2.24) is 15.5 Å². The quantitative estimate of drug-likeness (QED) is 0.815. The highest BCUT2D eigenvalue weighted by molar-refractivity contribution is 7.12. The van der Waals surface area contributed by atoms with E-state index in [-0.39, 0.29) is 5.91 Å². The van der Waals surface area contributed by atoms with Crippen LogP contribution in [0.5, 0.6) is 0 Å². The number of urea groups is 1. The summed E-state index contributed by atoms with van der Waals surface area (Å²) in [4.78, 5) is 29.0. The average Bonchev–Trinajstić information content (AvgIpc) is 3.27. The second-order valence-electron chi connectivity index (χ2n) is 6.61. The third-order valence-electron chi connectivity index (χ3n) is 4.63. The fourth-order valence-corrected chi connectivity index (χ4v) is 4.35. The van der Waals surface area contributed by atoms with Crippen molar-refractivity contribution in [1.29, 1.82) is 0 Å². The van der Waals surface area contributed by atoms with Crippen LogP contribution in [0.2, 0.25) is 0 Å². The van der Waals surface area contributed by atoms with Crippen molar-refractivity contribution >= 4 is 23.3 Å². The van der Waals surface area contributed by atoms with Crippen LogP contribution in [0.4, 0.5) is 4.79 Å². The Morgan fingerprint density at radius 2 is 2.00 bits per heavy atom. The highest BCUT2D eigenvalue weighted by Crippen LogP contribution is 2.35. The molecule has 5 nitrogen and oxygen atoms in total. The summed E-state index contributed by atoms with van der Waals surface area (Å²) in [6.07, 6.45) is 2.62. The van der Waals surface area contributed by atoms with Crippen molar-refractivity contribution in [3.63, 3.8) is 0 Å². The number of nitrogens with zero attached hydrogens (tertiary/aromatic N) is 1. The van der Waals surface area contributed by atoms with E-state index >= 15 is 0 Å². The number of benzene rings is 1. The Hall–Kier alpha value is -2.18. The Labute approximate surface area is 158 Å². The van der Waals surface area contributed by atoms with Crippen LogP contribution < -0.4 is 10.6 Å². The molecule has 6 heteroatoms. The highest BCUT2D eigenvalue weighted by atomic mass is 32.1. The summed E-state index contributed by atoms with van der Waals surface area (Å²) in [7, 11) is 0. The van der Waals surface area contributed by atoms with E-state index in [1.54, 1.807) is 0 Å². The van der Waals surface area contributed by atoms with Crippen LogP contribution in [-0.4, -0.2) is 29.9 Å². The van der Waals surface area contributed by atoms with Gasteiger partial charge in [-0.15, -0.1) is 11.3 Å². The van der Waals surface area contributed by atoms with Gasteiger partial charge in [0.1, 0.15) is 0 Å². The molecule has 2 N–H and O–H groups in total. The third kappa shape index (κ3) is 5.16. The van der Waals surface area contributed by atoms with E-state index in [0.717, 1.165) is 24.9 Å². The summed E-state index contributed by atoms with van der Waals surface area (Å²) in [6, 6.07) is 13.9. The molecule has 3 rings (SSSR count). The smallest absolute Gasteiger partial charge is 0.321 e. The topological polar surface area (TPSA) is 61.4 Å². The van der Waals surface area contributed by atoms with E-state index in [9.17, 15) is 9.59 Å². The second-order valence-corrected chi connectivity index (χ2v) is 7.93. The summed E-state index contributed by atoms with van der Waals surface area (Å²) in [5.74, 6) is -0.233. The molecule has 0 aliphatic carbocycles. The van der Waals surface area contributed by atoms with Crippen LogP contribution >= 0.6 is 11.3 Å². The first-order chi connectivity index (χ1) is 12.6. The minimum Gasteiger partial charge on any atom is -0.334 e. The molecule has 1 aliphatic heterocycles. The molecule has 1 unspecified atom stereocenters. The number of rotatable bonds is 6. The van der Waals surface area contributed by atoms with E-state index in [1.807, 2.05) is 41.7 Å². The normalized spacial score (nSPS) is 17.2. The van der Waals surface area contributed by atoms with Gasteiger partial charge in [0.15, 0.2) is 0 Å². The Kier molecular flexibility index (Phi) is 6.41. The lowest BCUT2D eigenvalue weighted by molar-refractivity contribution is -0.120. The van der Waals surface area contributed by atoms with E-state index in [0.29, 0.717) is 25.6 Å². The average molecular weight is 372 g/mol. The van der Waals surface area contributed by atoms with Gasteiger partial charge in [0.05, 0.1) is 0 Å². The number of hydrogen-bond acceptors (Lipinski definition) is 4. The van der Waals surface area contributed by atoms with Gasteiger partial charge in [-0.05, 0) is 44.0 Å². The molecule has 3 amide bonds. The number of amides is 3. The van der Waals surface area contributed by atoms with Crippen molar-refractivity contribution < 1.29 is 9.59 Å². The Morgan fingerprint density at radius 1 is 1.19 bits per heavy atom. The van der Waals surface area contributed by atoms with E-state index in [4.69, 9.17) is 0 Å². The Bertz CT molecular complexity index is 745. The summed E-state index contributed by atoms with van der Waals surface area (Å²) in [5.41, 5.74) is 1.00. The minimum absolute atomic E-state index is 0.233. The van der Waals surface area contributed by atoms with Crippen LogP contribution in [0.25, 0.3) is 0 Å². The number of likely N-dealkylation sites (tertiary alicyclic amines) is 1. The number of thiophene rings is 1. The van der Waals surface area contributed by atoms with Gasteiger partial charge < -0.3 is 5.32 Å². The van der Waals surface area contributed by atoms with Crippen LogP contribution in [-0.2, 0) is 11.3 Å². The standard InChI is InChI=1S/C20H25N3O2S/c1-15-9-10-18(26-15)17-8-5-12-23(17)13-11-19(24)22-20(25)21-14-16-6-3-2-4-7-16/h2-4,6-7,9-10,17H,5,8,11-14H2,1H3,(H2,21,22,24,25). The molecular weight excluding hydrogens is 346 g/mol. The molecule has 0 radical (unpaired) electrons. The fourth-order valence-electron chi connectivity index (χ4n) is 3.31. The number of nitrogens with one attached hydrogen (secondary N) is 2. The number of hydrogen-bond donors (Lipinski definition) is 2. The molecule has 2 aromatic rings. The molecule has 26 heavy (non-hydrogen) atoms. The first-order valence-electron chi connectivity index (χ1n) is 9.04. The van der Waals surface area contributed by atoms with Crippen LogP contribution in [0.15, 0.2) is 42.5 Å². The van der Waals surface area contributed by atoms with E-state index < -0.39 is 6.03 Å². The molecule has 0 saturated carbocycles. The fraction of sp³-hybridized carbons (Fsp3) is 0.400. The molecule has 0 spiro atoms. The van der Waals surface area contributed by atoms with Crippen molar-refractivity contribution in [3.05, 3.63) is 57.8 Å². The Balaban J connectivity index is 1.41. The maximum atomic E-state index is 12.1. The van der Waals surface area contributed by atoms with Gasteiger partial charge in [0.25, 0.3) is 0 Å². The van der Waals surface area contributed by atoms with Gasteiger partial charge in [-0.1, -0.05) is 30.3 Å². The zero-order chi connectivity index (χ0) is 18.4. The minimum atomic E-state index is -0.439. The lowest BCUT2D eigenvalue weighted by Crippen LogP contribution is -2.40. The molecular formula is C20H25N3O2S. The largest absolute Gasteiger partial charge is 0.334 e. The van der Waals surface area contributed by atoms with Crippen LogP contribution in [0.3, 0.4) is 0 Å². The van der Waals surface area contributed by atoms with Crippen LogP contribution in [0, 0.1) is 6.92 Å². The van der Waals surface area contributed by atoms with Crippen molar-refractivity contribution in [2.24, 2.45) is 0 Å². The third-order valence-corrected chi connectivity index (χ3v) is 5.73. The number of aryl methyl sites for hydroxylation is 1. The highest BCUT2D eigenvalue weighted by Gasteiger charge is 2.27. The van der Waals surface area contributed by atoms with Crippen molar-refractivity contribution in [2.45, 2.75) is 38.8 Å². The molecule has 1 fully saturated rings. The molecule has 1 atom stereocenters. The van der Waals surface area contributed by atoms with Gasteiger partial charge >= 0.3 is 6.03 Å². The summed E-state index contributed by atoms with van der Waals surface area (Å²) in [6.45, 7) is 4.22. The second kappa shape index (κ2) is 8.96. The maximum absolute atomic E-state index is 12.1. The van der Waals surface area contributed by atoms with Gasteiger partial charge in [0.2, 0.25) is 5.91 Å². The van der Waals surface area contributed by atoms with Crippen molar-refractivity contribution in [3.8, 4) is 0 Å². The molecule has 1 saturated heterocycles. The van der Waals surface area contributed by atoms with E-state index in [1.165, 1.54) is 9.75 Å². The first kappa shape index (κ1) is 18.6. The molecule has 1 aromatic carbocycles. The molecule has 0 bridgehead atoms. The SMILES string of the molecule is Cc1ccc(C2CCCN2CCC(=O)NC(=O)NCc2ccccc2)s1. The lowest BCUT2D eigenvalue weighted by atomic mass is 10.2. The van der Waals surface area contributed by atoms with Crippen molar-refractivity contribution in [2.75, 3.05) is 13.1 Å². The zero-order valence-electron chi connectivity index (χ0n) is 15.0. The molecule has 2 heterocycles. The number of carbonyl (C=O) groups excluding carboxylic acids is 2. The predicted octanol–water partition coefficient (Wildman–Crippen LogP) is 3.61. The summed E-state index contributed by atoms with van der Waals surface area (Å²) < 4.78 is 0. The predicted molar refractivity (Wildman–Crippen MR) is 104 cm³/mol. The summed E-state index contributed by atoms with van der Waals surface area (Å²) >= 11 is 1.83. The van der Waals surface area contributed by atoms with Gasteiger partial charge in [0, 0.05) is 35.3 Å². The lowest BCUT2D eigenvalue weighted by Gasteiger charge is -2.23. The van der Waals surface area contributed by atoms with Gasteiger partial charge in [-0.3, -0.25) is 15.0 Å². The van der Waals surface area contributed by atoms with Gasteiger partial charge in [-0.25, -0.2) is 4.79 Å². The maximum Gasteiger partial charge on any atom is 0.321 e. The summed E-state index contributed by atoms with van der Waals surface area (Å²) in [5, 5.41) is 5.13. The zero-order valence-corrected chi connectivity index (χ0v) is 15.8. The molecule has 1 aliphatic rings. The number of imide groups is 1. The molecule has 138 valence electrons. The van der Waals surface area contributed by atoms with Gasteiger partial charge in [-0.2, -0.15) is 0 Å². The monoisotopic (exact) mass is 371 g/mol. The van der Waals surface area contributed by atoms with Crippen LogP contribution in [0.1, 0.15) is 40.6 Å². The molecule has 1 aromatic heterocycles. The first-order valence-corrected chi connectivity index (χ1v) is 9.85. The van der Waals surface area contributed by atoms with E-state index in [2.05, 4.69) is 34.6 Å². The Morgan fingerprint density at radius 3 is 2.73 bits per heavy atom. The number of carbonyl (C=O) groups is 2.